The fourth-order valence-corrected chi connectivity index (χ4v) is 6.01. The van der Waals surface area contributed by atoms with Crippen molar-refractivity contribution in [3.05, 3.63) is 75.5 Å². The minimum atomic E-state index is -0.540. The molecule has 2 aromatic rings. The fourth-order valence-electron chi connectivity index (χ4n) is 6.01. The van der Waals surface area contributed by atoms with E-state index >= 15 is 0 Å². The maximum atomic E-state index is 13.8. The van der Waals surface area contributed by atoms with Gasteiger partial charge in [-0.05, 0) is 60.4 Å². The van der Waals surface area contributed by atoms with Crippen LogP contribution in [-0.2, 0) is 9.59 Å². The number of fused-ring (bicyclic) bond motifs is 1. The quantitative estimate of drug-likeness (QED) is 0.440. The van der Waals surface area contributed by atoms with Gasteiger partial charge in [0.15, 0.2) is 5.78 Å². The second kappa shape index (κ2) is 9.65. The van der Waals surface area contributed by atoms with Crippen LogP contribution in [0.2, 0.25) is 0 Å². The third-order valence-corrected chi connectivity index (χ3v) is 7.74. The van der Waals surface area contributed by atoms with E-state index in [0.29, 0.717) is 24.3 Å². The van der Waals surface area contributed by atoms with Gasteiger partial charge in [0.2, 0.25) is 5.91 Å². The number of ketones is 1. The largest absolute Gasteiger partial charge is 0.357 e. The Bertz CT molecular complexity index is 1270. The number of hydrogen-bond acceptors (Lipinski definition) is 6. The van der Waals surface area contributed by atoms with Crippen LogP contribution >= 0.6 is 0 Å². The van der Waals surface area contributed by atoms with Gasteiger partial charge in [-0.2, -0.15) is 0 Å². The molecule has 0 radical (unpaired) electrons. The normalized spacial score (nSPS) is 23.1. The second-order valence-corrected chi connectivity index (χ2v) is 11.4. The molecule has 5 rings (SSSR count). The van der Waals surface area contributed by atoms with E-state index in [-0.39, 0.29) is 29.3 Å². The number of carbonyl (C=O) groups excluding carboxylic acids is 2. The lowest BCUT2D eigenvalue weighted by molar-refractivity contribution is -0.384. The summed E-state index contributed by atoms with van der Waals surface area (Å²) in [7, 11) is 0. The number of piperidine rings is 1. The number of nitro groups is 1. The Hall–Kier alpha value is -3.68. The molecule has 1 fully saturated rings. The molecule has 3 aliphatic rings. The van der Waals surface area contributed by atoms with Crippen molar-refractivity contribution in [2.75, 3.05) is 29.9 Å². The van der Waals surface area contributed by atoms with E-state index in [4.69, 9.17) is 0 Å². The Morgan fingerprint density at radius 3 is 2.57 bits per heavy atom. The summed E-state index contributed by atoms with van der Waals surface area (Å²) in [5.74, 6) is 0.526. The molecule has 1 aliphatic carbocycles. The molecule has 8 nitrogen and oxygen atoms in total. The molecule has 2 heterocycles. The minimum absolute atomic E-state index is 0.00821. The lowest BCUT2D eigenvalue weighted by Gasteiger charge is -2.39. The third kappa shape index (κ3) is 4.97. The molecular weight excluding hydrogens is 468 g/mol. The molecule has 1 N–H and O–H groups in total. The van der Waals surface area contributed by atoms with E-state index in [2.05, 4.69) is 26.1 Å². The van der Waals surface area contributed by atoms with Crippen LogP contribution in [0.4, 0.5) is 17.1 Å². The lowest BCUT2D eigenvalue weighted by Crippen LogP contribution is -2.46. The van der Waals surface area contributed by atoms with Gasteiger partial charge in [0.25, 0.3) is 5.69 Å². The molecular formula is C29H34N4O4. The number of nitrogens with one attached hydrogen (secondary N) is 1. The number of para-hydroxylation sites is 2. The predicted molar refractivity (Wildman–Crippen MR) is 143 cm³/mol. The molecule has 0 aromatic heterocycles. The SMILES string of the molecule is CC1CCCN(C(=O)CN2c3ccccc3NC3=C(C(=O)CC(C)(C)C3)C2c2ccc([N+](=O)[O-])cc2)C1. The molecule has 2 unspecified atom stereocenters. The van der Waals surface area contributed by atoms with Crippen LogP contribution in [0.3, 0.4) is 0 Å². The van der Waals surface area contributed by atoms with Crippen LogP contribution in [0.25, 0.3) is 0 Å². The monoisotopic (exact) mass is 502 g/mol. The summed E-state index contributed by atoms with van der Waals surface area (Å²) in [5.41, 5.74) is 3.74. The highest BCUT2D eigenvalue weighted by molar-refractivity contribution is 6.01. The van der Waals surface area contributed by atoms with Gasteiger partial charge in [-0.3, -0.25) is 19.7 Å². The average molecular weight is 503 g/mol. The zero-order valence-electron chi connectivity index (χ0n) is 21.7. The van der Waals surface area contributed by atoms with Crippen LogP contribution < -0.4 is 10.2 Å². The number of hydrogen-bond donors (Lipinski definition) is 1. The first-order chi connectivity index (χ1) is 17.6. The zero-order valence-corrected chi connectivity index (χ0v) is 21.7. The topological polar surface area (TPSA) is 95.8 Å². The molecule has 2 aromatic carbocycles. The molecule has 2 atom stereocenters. The van der Waals surface area contributed by atoms with Gasteiger partial charge in [-0.15, -0.1) is 0 Å². The third-order valence-electron chi connectivity index (χ3n) is 7.74. The summed E-state index contributed by atoms with van der Waals surface area (Å²) >= 11 is 0. The molecule has 8 heteroatoms. The van der Waals surface area contributed by atoms with E-state index in [0.717, 1.165) is 48.6 Å². The van der Waals surface area contributed by atoms with E-state index < -0.39 is 11.0 Å². The van der Waals surface area contributed by atoms with Crippen LogP contribution in [0.15, 0.2) is 59.8 Å². The zero-order chi connectivity index (χ0) is 26.3. The lowest BCUT2D eigenvalue weighted by atomic mass is 9.73. The highest BCUT2D eigenvalue weighted by Gasteiger charge is 2.42. The van der Waals surface area contributed by atoms with E-state index in [1.807, 2.05) is 34.1 Å². The molecule has 2 aliphatic heterocycles. The Morgan fingerprint density at radius 2 is 1.86 bits per heavy atom. The molecule has 0 saturated carbocycles. The predicted octanol–water partition coefficient (Wildman–Crippen LogP) is 5.47. The number of nitro benzene ring substituents is 1. The molecule has 37 heavy (non-hydrogen) atoms. The number of benzene rings is 2. The summed E-state index contributed by atoms with van der Waals surface area (Å²) < 4.78 is 0. The number of allylic oxidation sites excluding steroid dienone is 1. The molecule has 1 saturated heterocycles. The van der Waals surface area contributed by atoms with E-state index in [9.17, 15) is 19.7 Å². The number of Topliss-reactive ketones (excluding diaryl/α,β-unsaturated/α-hetero) is 1. The van der Waals surface area contributed by atoms with Crippen molar-refractivity contribution in [3.8, 4) is 0 Å². The van der Waals surface area contributed by atoms with Crippen molar-refractivity contribution in [1.82, 2.24) is 4.90 Å². The number of nitrogens with zero attached hydrogens (tertiary/aromatic N) is 3. The van der Waals surface area contributed by atoms with E-state index in [1.54, 1.807) is 12.1 Å². The number of amides is 1. The van der Waals surface area contributed by atoms with Crippen molar-refractivity contribution in [2.45, 2.75) is 52.5 Å². The van der Waals surface area contributed by atoms with Gasteiger partial charge >= 0.3 is 0 Å². The molecule has 194 valence electrons. The van der Waals surface area contributed by atoms with E-state index in [1.165, 1.54) is 12.1 Å². The standard InChI is InChI=1S/C29H34N4O4/c1-19-7-6-14-31(17-19)26(35)18-32-24-9-5-4-8-22(24)30-23-15-29(2,3)16-25(34)27(23)28(32)20-10-12-21(13-11-20)33(36)37/h4-5,8-13,19,28,30H,6-7,14-18H2,1-3H3. The van der Waals surface area contributed by atoms with Gasteiger partial charge in [0.05, 0.1) is 28.9 Å². The van der Waals surface area contributed by atoms with Gasteiger partial charge in [-0.1, -0.05) is 32.9 Å². The summed E-state index contributed by atoms with van der Waals surface area (Å²) in [4.78, 5) is 42.3. The van der Waals surface area contributed by atoms with Crippen LogP contribution in [0.1, 0.15) is 58.1 Å². The molecule has 0 bridgehead atoms. The Labute approximate surface area is 217 Å². The Kier molecular flexibility index (Phi) is 6.52. The Balaban J connectivity index is 1.65. The van der Waals surface area contributed by atoms with Crippen LogP contribution in [-0.4, -0.2) is 41.1 Å². The smallest absolute Gasteiger partial charge is 0.269 e. The van der Waals surface area contributed by atoms with Gasteiger partial charge in [0.1, 0.15) is 0 Å². The highest BCUT2D eigenvalue weighted by atomic mass is 16.6. The number of likely N-dealkylation sites (tertiary alicyclic amines) is 1. The highest BCUT2D eigenvalue weighted by Crippen LogP contribution is 2.48. The number of carbonyl (C=O) groups is 2. The van der Waals surface area contributed by atoms with Crippen molar-refractivity contribution in [3.63, 3.8) is 0 Å². The van der Waals surface area contributed by atoms with Crippen molar-refractivity contribution in [1.29, 1.82) is 0 Å². The minimum Gasteiger partial charge on any atom is -0.357 e. The first kappa shape index (κ1) is 25.0. The van der Waals surface area contributed by atoms with Crippen LogP contribution in [0.5, 0.6) is 0 Å². The van der Waals surface area contributed by atoms with Crippen molar-refractivity contribution < 1.29 is 14.5 Å². The van der Waals surface area contributed by atoms with Gasteiger partial charge in [0, 0.05) is 42.9 Å². The number of anilines is 2. The summed E-state index contributed by atoms with van der Waals surface area (Å²) in [5, 5.41) is 14.9. The summed E-state index contributed by atoms with van der Waals surface area (Å²) in [6, 6.07) is 13.7. The van der Waals surface area contributed by atoms with Crippen molar-refractivity contribution >= 4 is 28.8 Å². The number of non-ortho nitro benzene ring substituents is 1. The van der Waals surface area contributed by atoms with Gasteiger partial charge in [-0.25, -0.2) is 0 Å². The average Bonchev–Trinajstić information content (AvgIpc) is 2.98. The van der Waals surface area contributed by atoms with Gasteiger partial charge < -0.3 is 15.1 Å². The fraction of sp³-hybridized carbons (Fsp3) is 0.448. The first-order valence-electron chi connectivity index (χ1n) is 13.0. The maximum Gasteiger partial charge on any atom is 0.269 e. The summed E-state index contributed by atoms with van der Waals surface area (Å²) in [6.45, 7) is 7.93. The second-order valence-electron chi connectivity index (χ2n) is 11.4. The first-order valence-corrected chi connectivity index (χ1v) is 13.0. The van der Waals surface area contributed by atoms with Crippen molar-refractivity contribution in [2.24, 2.45) is 11.3 Å². The molecule has 1 amide bonds. The summed E-state index contributed by atoms with van der Waals surface area (Å²) in [6.07, 6.45) is 3.20. The van der Waals surface area contributed by atoms with Crippen LogP contribution in [0, 0.1) is 21.4 Å². The number of rotatable bonds is 4. The molecule has 0 spiro atoms. The Morgan fingerprint density at radius 1 is 1.14 bits per heavy atom. The maximum absolute atomic E-state index is 13.8.